The van der Waals surface area contributed by atoms with Crippen molar-refractivity contribution in [3.63, 3.8) is 0 Å². The summed E-state index contributed by atoms with van der Waals surface area (Å²) in [6.45, 7) is 3.86. The lowest BCUT2D eigenvalue weighted by Gasteiger charge is -2.07. The lowest BCUT2D eigenvalue weighted by Crippen LogP contribution is -2.04. The van der Waals surface area contributed by atoms with Gasteiger partial charge in [-0.2, -0.15) is 0 Å². The fourth-order valence-electron chi connectivity index (χ4n) is 1.73. The predicted molar refractivity (Wildman–Crippen MR) is 64.6 cm³/mol. The van der Waals surface area contributed by atoms with Gasteiger partial charge in [0.2, 0.25) is 0 Å². The molecule has 1 heterocycles. The molecule has 0 saturated heterocycles. The van der Waals surface area contributed by atoms with Crippen molar-refractivity contribution < 1.29 is 4.79 Å². The first-order chi connectivity index (χ1) is 7.59. The number of nitrogen functional groups attached to an aromatic ring is 1. The van der Waals surface area contributed by atoms with Gasteiger partial charge in [-0.05, 0) is 37.1 Å². The Kier molecular flexibility index (Phi) is 2.52. The Hall–Kier alpha value is -2.03. The second-order valence-electron chi connectivity index (χ2n) is 3.95. The number of carbonyl (C=O) groups is 1. The number of benzene rings is 1. The molecule has 1 aromatic carbocycles. The zero-order valence-corrected chi connectivity index (χ0v) is 9.37. The number of hydrogen-bond acceptors (Lipinski definition) is 2. The van der Waals surface area contributed by atoms with E-state index in [9.17, 15) is 4.79 Å². The highest BCUT2D eigenvalue weighted by Gasteiger charge is 2.13. The predicted octanol–water partition coefficient (Wildman–Crippen LogP) is 2.44. The standard InChI is InChI=1S/C13H14N2O/c1-8-5-9(2)12(14)6-11(8)13(16)10-3-4-15-7-10/h3-7,15H,14H2,1-2H3. The Balaban J connectivity index is 2.49. The minimum atomic E-state index is 0.00505. The number of anilines is 1. The molecule has 0 fully saturated rings. The van der Waals surface area contributed by atoms with Gasteiger partial charge in [-0.15, -0.1) is 0 Å². The van der Waals surface area contributed by atoms with Crippen molar-refractivity contribution in [2.45, 2.75) is 13.8 Å². The van der Waals surface area contributed by atoms with Gasteiger partial charge in [0.25, 0.3) is 0 Å². The zero-order valence-electron chi connectivity index (χ0n) is 9.37. The number of carbonyl (C=O) groups excluding carboxylic acids is 1. The second-order valence-corrected chi connectivity index (χ2v) is 3.95. The van der Waals surface area contributed by atoms with Crippen LogP contribution >= 0.6 is 0 Å². The third kappa shape index (κ3) is 1.72. The van der Waals surface area contributed by atoms with Crippen LogP contribution in [0, 0.1) is 13.8 Å². The van der Waals surface area contributed by atoms with E-state index in [0.717, 1.165) is 11.1 Å². The number of aromatic amines is 1. The van der Waals surface area contributed by atoms with Crippen molar-refractivity contribution in [2.75, 3.05) is 5.73 Å². The van der Waals surface area contributed by atoms with E-state index in [-0.39, 0.29) is 5.78 Å². The number of H-pyrrole nitrogens is 1. The molecule has 0 bridgehead atoms. The monoisotopic (exact) mass is 214 g/mol. The highest BCUT2D eigenvalue weighted by molar-refractivity contribution is 6.10. The van der Waals surface area contributed by atoms with E-state index >= 15 is 0 Å². The molecule has 1 aromatic heterocycles. The maximum absolute atomic E-state index is 12.1. The molecule has 0 spiro atoms. The Morgan fingerprint density at radius 2 is 2.00 bits per heavy atom. The summed E-state index contributed by atoms with van der Waals surface area (Å²) in [5.41, 5.74) is 9.76. The summed E-state index contributed by atoms with van der Waals surface area (Å²) >= 11 is 0. The number of nitrogens with one attached hydrogen (secondary N) is 1. The molecule has 0 aliphatic carbocycles. The van der Waals surface area contributed by atoms with E-state index in [2.05, 4.69) is 4.98 Å². The molecule has 82 valence electrons. The highest BCUT2D eigenvalue weighted by atomic mass is 16.1. The summed E-state index contributed by atoms with van der Waals surface area (Å²) in [5, 5.41) is 0. The van der Waals surface area contributed by atoms with Crippen molar-refractivity contribution in [2.24, 2.45) is 0 Å². The SMILES string of the molecule is Cc1cc(C)c(C(=O)c2cc[nH]c2)cc1N. The van der Waals surface area contributed by atoms with Crippen molar-refractivity contribution in [1.82, 2.24) is 4.98 Å². The average Bonchev–Trinajstić information content (AvgIpc) is 2.75. The molecular weight excluding hydrogens is 200 g/mol. The Bertz CT molecular complexity index is 527. The molecule has 2 rings (SSSR count). The van der Waals surface area contributed by atoms with Crippen LogP contribution in [0.5, 0.6) is 0 Å². The lowest BCUT2D eigenvalue weighted by molar-refractivity contribution is 0.103. The Labute approximate surface area is 94.3 Å². The Morgan fingerprint density at radius 3 is 2.62 bits per heavy atom. The van der Waals surface area contributed by atoms with E-state index < -0.39 is 0 Å². The number of hydrogen-bond donors (Lipinski definition) is 2. The molecule has 2 aromatic rings. The molecule has 16 heavy (non-hydrogen) atoms. The lowest BCUT2D eigenvalue weighted by atomic mass is 9.98. The molecule has 3 N–H and O–H groups in total. The highest BCUT2D eigenvalue weighted by Crippen LogP contribution is 2.20. The molecule has 0 aliphatic rings. The van der Waals surface area contributed by atoms with E-state index in [1.54, 1.807) is 24.5 Å². The van der Waals surface area contributed by atoms with Gasteiger partial charge >= 0.3 is 0 Å². The van der Waals surface area contributed by atoms with Gasteiger partial charge in [-0.25, -0.2) is 0 Å². The van der Waals surface area contributed by atoms with Gasteiger partial charge in [0.15, 0.2) is 5.78 Å². The van der Waals surface area contributed by atoms with Crippen LogP contribution in [0.2, 0.25) is 0 Å². The van der Waals surface area contributed by atoms with Gasteiger partial charge < -0.3 is 10.7 Å². The number of rotatable bonds is 2. The van der Waals surface area contributed by atoms with E-state index in [0.29, 0.717) is 16.8 Å². The molecule has 0 radical (unpaired) electrons. The largest absolute Gasteiger partial charge is 0.398 e. The molecule has 3 heteroatoms. The molecule has 0 amide bonds. The van der Waals surface area contributed by atoms with Crippen molar-refractivity contribution in [1.29, 1.82) is 0 Å². The average molecular weight is 214 g/mol. The Morgan fingerprint density at radius 1 is 1.25 bits per heavy atom. The first-order valence-electron chi connectivity index (χ1n) is 5.14. The quantitative estimate of drug-likeness (QED) is 0.596. The number of aryl methyl sites for hydroxylation is 2. The van der Waals surface area contributed by atoms with Crippen molar-refractivity contribution >= 4 is 11.5 Å². The summed E-state index contributed by atoms with van der Waals surface area (Å²) in [4.78, 5) is 15.0. The maximum Gasteiger partial charge on any atom is 0.194 e. The van der Waals surface area contributed by atoms with Crippen LogP contribution in [0.25, 0.3) is 0 Å². The summed E-state index contributed by atoms with van der Waals surface area (Å²) < 4.78 is 0. The molecule has 3 nitrogen and oxygen atoms in total. The molecule has 0 unspecified atom stereocenters. The topological polar surface area (TPSA) is 58.9 Å². The summed E-state index contributed by atoms with van der Waals surface area (Å²) in [5.74, 6) is 0.00505. The van der Waals surface area contributed by atoms with E-state index in [1.807, 2.05) is 19.9 Å². The smallest absolute Gasteiger partial charge is 0.194 e. The number of aromatic nitrogens is 1. The second kappa shape index (κ2) is 3.85. The van der Waals surface area contributed by atoms with Gasteiger partial charge in [-0.3, -0.25) is 4.79 Å². The van der Waals surface area contributed by atoms with Crippen LogP contribution in [0.15, 0.2) is 30.6 Å². The third-order valence-electron chi connectivity index (χ3n) is 2.72. The van der Waals surface area contributed by atoms with Crippen molar-refractivity contribution in [3.8, 4) is 0 Å². The summed E-state index contributed by atoms with van der Waals surface area (Å²) in [6.07, 6.45) is 3.43. The molecular formula is C13H14N2O. The third-order valence-corrected chi connectivity index (χ3v) is 2.72. The van der Waals surface area contributed by atoms with Crippen LogP contribution in [-0.4, -0.2) is 10.8 Å². The molecule has 0 atom stereocenters. The van der Waals surface area contributed by atoms with Gasteiger partial charge in [-0.1, -0.05) is 6.07 Å². The van der Waals surface area contributed by atoms with Crippen molar-refractivity contribution in [3.05, 3.63) is 52.8 Å². The zero-order chi connectivity index (χ0) is 11.7. The van der Waals surface area contributed by atoms with Gasteiger partial charge in [0.1, 0.15) is 0 Å². The number of nitrogens with two attached hydrogens (primary N) is 1. The fourth-order valence-corrected chi connectivity index (χ4v) is 1.73. The van der Waals surface area contributed by atoms with Crippen LogP contribution < -0.4 is 5.73 Å². The first kappa shape index (κ1) is 10.5. The van der Waals surface area contributed by atoms with Gasteiger partial charge in [0, 0.05) is 29.2 Å². The number of ketones is 1. The van der Waals surface area contributed by atoms with Gasteiger partial charge in [0.05, 0.1) is 0 Å². The van der Waals surface area contributed by atoms with Crippen LogP contribution in [0.1, 0.15) is 27.0 Å². The normalized spacial score (nSPS) is 10.4. The van der Waals surface area contributed by atoms with Crippen LogP contribution in [0.4, 0.5) is 5.69 Å². The fraction of sp³-hybridized carbons (Fsp3) is 0.154. The van der Waals surface area contributed by atoms with E-state index in [4.69, 9.17) is 5.73 Å². The first-order valence-corrected chi connectivity index (χ1v) is 5.14. The van der Waals surface area contributed by atoms with Crippen LogP contribution in [-0.2, 0) is 0 Å². The summed E-state index contributed by atoms with van der Waals surface area (Å²) in [6, 6.07) is 5.45. The molecule has 0 saturated carbocycles. The van der Waals surface area contributed by atoms with E-state index in [1.165, 1.54) is 0 Å². The minimum Gasteiger partial charge on any atom is -0.398 e. The molecule has 0 aliphatic heterocycles. The summed E-state index contributed by atoms with van der Waals surface area (Å²) in [7, 11) is 0. The minimum absolute atomic E-state index is 0.00505. The van der Waals surface area contributed by atoms with Crippen LogP contribution in [0.3, 0.4) is 0 Å². The maximum atomic E-state index is 12.1.